The maximum absolute atomic E-state index is 10.3. The predicted octanol–water partition coefficient (Wildman–Crippen LogP) is -0.937. The zero-order chi connectivity index (χ0) is 9.68. The maximum Gasteiger partial charge on any atom is 0.308 e. The van der Waals surface area contributed by atoms with E-state index in [2.05, 4.69) is 16.0 Å². The van der Waals surface area contributed by atoms with Crippen LogP contribution in [0.5, 0.6) is 0 Å². The minimum Gasteiger partial charge on any atom is -0.354 e. The van der Waals surface area contributed by atoms with Crippen molar-refractivity contribution < 1.29 is 15.6 Å². The average Bonchev–Trinajstić information content (AvgIpc) is 2.15. The molecule has 0 saturated carbocycles. The van der Waals surface area contributed by atoms with E-state index in [-0.39, 0.29) is 5.69 Å². The van der Waals surface area contributed by atoms with Crippen molar-refractivity contribution in [2.24, 2.45) is 0 Å². The zero-order valence-electron chi connectivity index (χ0n) is 7.12. The predicted molar refractivity (Wildman–Crippen MR) is 45.9 cm³/mol. The Kier molecular flexibility index (Phi) is 3.15. The van der Waals surface area contributed by atoms with Gasteiger partial charge in [-0.25, -0.2) is 4.98 Å². The maximum atomic E-state index is 10.3. The highest BCUT2D eigenvalue weighted by Crippen LogP contribution is 2.07. The molecule has 0 aromatic carbocycles. The third-order valence-corrected chi connectivity index (χ3v) is 1.50. The van der Waals surface area contributed by atoms with Crippen molar-refractivity contribution in [3.63, 3.8) is 0 Å². The van der Waals surface area contributed by atoms with Crippen LogP contribution in [0.25, 0.3) is 0 Å². The Labute approximate surface area is 74.9 Å². The second-order valence-corrected chi connectivity index (χ2v) is 2.50. The molecule has 0 aliphatic rings. The van der Waals surface area contributed by atoms with Gasteiger partial charge in [-0.1, -0.05) is 0 Å². The molecule has 0 aliphatic heterocycles. The van der Waals surface area contributed by atoms with Gasteiger partial charge in [-0.3, -0.25) is 15.4 Å². The molecule has 0 bridgehead atoms. The van der Waals surface area contributed by atoms with Gasteiger partial charge in [0.25, 0.3) is 5.82 Å². The second-order valence-electron chi connectivity index (χ2n) is 2.50. The van der Waals surface area contributed by atoms with Crippen molar-refractivity contribution >= 4 is 11.5 Å². The summed E-state index contributed by atoms with van der Waals surface area (Å²) in [5.74, 6) is 0.759. The molecule has 5 N–H and O–H groups in total. The molecule has 0 fully saturated rings. The lowest BCUT2D eigenvalue weighted by molar-refractivity contribution is -0.413. The molecule has 6 heteroatoms. The summed E-state index contributed by atoms with van der Waals surface area (Å²) >= 11 is 0. The number of aromatic amines is 1. The van der Waals surface area contributed by atoms with Gasteiger partial charge >= 0.3 is 5.69 Å². The molecule has 0 aliphatic carbocycles. The summed E-state index contributed by atoms with van der Waals surface area (Å²) in [5.41, 5.74) is 3.72. The van der Waals surface area contributed by atoms with E-state index in [1.54, 1.807) is 6.07 Å². The highest BCUT2D eigenvalue weighted by Gasteiger charge is 2.07. The Bertz CT molecular complexity index is 285. The SMILES string of the molecule is [NH3+]CCNc1ccc([N+](=O)[O-])c[nH+]1. The molecule has 1 aromatic heterocycles. The Morgan fingerprint density at radius 1 is 1.62 bits per heavy atom. The monoisotopic (exact) mass is 184 g/mol. The van der Waals surface area contributed by atoms with E-state index in [4.69, 9.17) is 0 Å². The highest BCUT2D eigenvalue weighted by molar-refractivity contribution is 5.33. The molecule has 70 valence electrons. The Morgan fingerprint density at radius 2 is 2.38 bits per heavy atom. The molecule has 1 rings (SSSR count). The van der Waals surface area contributed by atoms with E-state index >= 15 is 0 Å². The number of H-pyrrole nitrogens is 1. The van der Waals surface area contributed by atoms with Crippen LogP contribution >= 0.6 is 0 Å². The third-order valence-electron chi connectivity index (χ3n) is 1.50. The summed E-state index contributed by atoms with van der Waals surface area (Å²) < 4.78 is 0. The molecule has 13 heavy (non-hydrogen) atoms. The molecule has 0 unspecified atom stereocenters. The minimum absolute atomic E-state index is 0.0557. The molecular formula is C7H12N4O2+2. The number of nitrogens with one attached hydrogen (secondary N) is 2. The van der Waals surface area contributed by atoms with E-state index in [0.29, 0.717) is 0 Å². The Hall–Kier alpha value is -1.69. The van der Waals surface area contributed by atoms with Gasteiger partial charge in [-0.05, 0) is 0 Å². The molecule has 6 nitrogen and oxygen atoms in total. The largest absolute Gasteiger partial charge is 0.354 e. The van der Waals surface area contributed by atoms with Crippen molar-refractivity contribution in [1.82, 2.24) is 0 Å². The van der Waals surface area contributed by atoms with Gasteiger partial charge in [0.2, 0.25) is 0 Å². The van der Waals surface area contributed by atoms with Gasteiger partial charge in [-0.15, -0.1) is 0 Å². The number of aromatic nitrogens is 1. The van der Waals surface area contributed by atoms with Crippen LogP contribution in [0.15, 0.2) is 18.3 Å². The number of hydrogen-bond donors (Lipinski definition) is 2. The number of anilines is 1. The quantitative estimate of drug-likeness (QED) is 0.467. The number of nitro groups is 1. The van der Waals surface area contributed by atoms with Crippen molar-refractivity contribution in [2.45, 2.75) is 0 Å². The van der Waals surface area contributed by atoms with Crippen molar-refractivity contribution in [3.8, 4) is 0 Å². The van der Waals surface area contributed by atoms with E-state index in [9.17, 15) is 10.1 Å². The number of nitrogens with zero attached hydrogens (tertiary/aromatic N) is 1. The minimum atomic E-state index is -0.443. The van der Waals surface area contributed by atoms with Gasteiger partial charge in [0.1, 0.15) is 13.1 Å². The van der Waals surface area contributed by atoms with Crippen LogP contribution in [0.4, 0.5) is 11.5 Å². The average molecular weight is 184 g/mol. The topological polar surface area (TPSA) is 97.0 Å². The summed E-state index contributed by atoms with van der Waals surface area (Å²) in [5, 5.41) is 13.3. The van der Waals surface area contributed by atoms with Crippen molar-refractivity contribution in [2.75, 3.05) is 18.4 Å². The summed E-state index contributed by atoms with van der Waals surface area (Å²) in [6.07, 6.45) is 1.35. The number of hydrogen-bond acceptors (Lipinski definition) is 3. The fraction of sp³-hybridized carbons (Fsp3) is 0.286. The van der Waals surface area contributed by atoms with Gasteiger partial charge in [0.15, 0.2) is 6.20 Å². The van der Waals surface area contributed by atoms with Crippen LogP contribution in [-0.2, 0) is 0 Å². The van der Waals surface area contributed by atoms with Gasteiger partial charge < -0.3 is 5.73 Å². The first-order valence-electron chi connectivity index (χ1n) is 3.93. The molecule has 0 radical (unpaired) electrons. The summed E-state index contributed by atoms with van der Waals surface area (Å²) in [6.45, 7) is 1.51. The number of rotatable bonds is 4. The summed E-state index contributed by atoms with van der Waals surface area (Å²) in [7, 11) is 0. The van der Waals surface area contributed by atoms with Crippen LogP contribution in [0.2, 0.25) is 0 Å². The van der Waals surface area contributed by atoms with Crippen LogP contribution in [-0.4, -0.2) is 18.0 Å². The first-order chi connectivity index (χ1) is 6.24. The molecule has 0 amide bonds. The molecule has 1 heterocycles. The lowest BCUT2D eigenvalue weighted by atomic mass is 10.4. The molecular weight excluding hydrogens is 172 g/mol. The van der Waals surface area contributed by atoms with Crippen LogP contribution in [0.3, 0.4) is 0 Å². The van der Waals surface area contributed by atoms with Crippen LogP contribution < -0.4 is 16.0 Å². The van der Waals surface area contributed by atoms with E-state index in [1.807, 2.05) is 0 Å². The van der Waals surface area contributed by atoms with Crippen LogP contribution in [0.1, 0.15) is 0 Å². The zero-order valence-corrected chi connectivity index (χ0v) is 7.12. The first kappa shape index (κ1) is 9.40. The second kappa shape index (κ2) is 4.36. The molecule has 0 spiro atoms. The third kappa shape index (κ3) is 2.68. The highest BCUT2D eigenvalue weighted by atomic mass is 16.6. The van der Waals surface area contributed by atoms with Crippen molar-refractivity contribution in [1.29, 1.82) is 0 Å². The number of pyridine rings is 1. The normalized spacial score (nSPS) is 9.62. The smallest absolute Gasteiger partial charge is 0.308 e. The van der Waals surface area contributed by atoms with Crippen LogP contribution in [0, 0.1) is 10.1 Å². The standard InChI is InChI=1S/C7H10N4O2/c8-3-4-9-7-2-1-6(5-10-7)11(12)13/h1-2,5H,3-4,8H2,(H,9,10)/p+2. The fourth-order valence-corrected chi connectivity index (χ4v) is 0.863. The molecule has 0 atom stereocenters. The molecule has 1 aromatic rings. The Balaban J connectivity index is 2.64. The lowest BCUT2D eigenvalue weighted by Gasteiger charge is -1.93. The first-order valence-corrected chi connectivity index (χ1v) is 3.93. The van der Waals surface area contributed by atoms with Crippen molar-refractivity contribution in [3.05, 3.63) is 28.4 Å². The Morgan fingerprint density at radius 3 is 2.85 bits per heavy atom. The molecule has 0 saturated heterocycles. The summed E-state index contributed by atoms with van der Waals surface area (Å²) in [6, 6.07) is 3.08. The van der Waals surface area contributed by atoms with Gasteiger partial charge in [-0.2, -0.15) is 0 Å². The van der Waals surface area contributed by atoms with E-state index in [0.717, 1.165) is 18.9 Å². The van der Waals surface area contributed by atoms with E-state index < -0.39 is 4.92 Å². The van der Waals surface area contributed by atoms with E-state index in [1.165, 1.54) is 12.3 Å². The fourth-order valence-electron chi connectivity index (χ4n) is 0.863. The van der Waals surface area contributed by atoms with Gasteiger partial charge in [0, 0.05) is 12.1 Å². The van der Waals surface area contributed by atoms with Gasteiger partial charge in [0.05, 0.1) is 4.92 Å². The summed E-state index contributed by atoms with van der Waals surface area (Å²) in [4.78, 5) is 12.6. The number of quaternary nitrogens is 1. The lowest BCUT2D eigenvalue weighted by Crippen LogP contribution is -2.53.